The third kappa shape index (κ3) is 8.58. The first-order valence-electron chi connectivity index (χ1n) is 7.33. The number of nitrogens with one attached hydrogen (secondary N) is 2. The number of hydrogen-bond acceptors (Lipinski definition) is 3. The SMILES string of the molecule is CCNCCNC(=O)CCOc1ccc(C(C)C)cc1.Cl. The Labute approximate surface area is 134 Å². The van der Waals surface area contributed by atoms with Crippen molar-refractivity contribution in [3.63, 3.8) is 0 Å². The molecule has 0 atom stereocenters. The van der Waals surface area contributed by atoms with Crippen molar-refractivity contribution >= 4 is 18.3 Å². The van der Waals surface area contributed by atoms with Crippen molar-refractivity contribution in [3.8, 4) is 5.75 Å². The maximum Gasteiger partial charge on any atom is 0.223 e. The highest BCUT2D eigenvalue weighted by Crippen LogP contribution is 2.18. The van der Waals surface area contributed by atoms with Crippen LogP contribution in [-0.2, 0) is 4.79 Å². The van der Waals surface area contributed by atoms with Gasteiger partial charge in [-0.1, -0.05) is 32.9 Å². The Morgan fingerprint density at radius 2 is 1.86 bits per heavy atom. The molecule has 0 heterocycles. The standard InChI is InChI=1S/C16H26N2O2.ClH/c1-4-17-10-11-18-16(19)9-12-20-15-7-5-14(6-8-15)13(2)3;/h5-8,13,17H,4,9-12H2,1-3H3,(H,18,19);1H. The number of carbonyl (C=O) groups is 1. The molecule has 1 rings (SSSR count). The Kier molecular flexibility index (Phi) is 10.7. The van der Waals surface area contributed by atoms with Gasteiger partial charge in [0.1, 0.15) is 5.75 Å². The van der Waals surface area contributed by atoms with Crippen molar-refractivity contribution in [1.82, 2.24) is 10.6 Å². The van der Waals surface area contributed by atoms with Crippen molar-refractivity contribution in [2.45, 2.75) is 33.1 Å². The third-order valence-electron chi connectivity index (χ3n) is 3.02. The minimum absolute atomic E-state index is 0. The lowest BCUT2D eigenvalue weighted by molar-refractivity contribution is -0.121. The number of carbonyl (C=O) groups excluding carboxylic acids is 1. The summed E-state index contributed by atoms with van der Waals surface area (Å²) in [5.41, 5.74) is 1.29. The van der Waals surface area contributed by atoms with Crippen LogP contribution in [0.2, 0.25) is 0 Å². The highest BCUT2D eigenvalue weighted by atomic mass is 35.5. The lowest BCUT2D eigenvalue weighted by Gasteiger charge is -2.09. The van der Waals surface area contributed by atoms with Crippen LogP contribution in [0.1, 0.15) is 38.7 Å². The second-order valence-corrected chi connectivity index (χ2v) is 5.03. The Morgan fingerprint density at radius 1 is 1.19 bits per heavy atom. The van der Waals surface area contributed by atoms with Gasteiger partial charge in [-0.3, -0.25) is 4.79 Å². The van der Waals surface area contributed by atoms with Gasteiger partial charge in [0.15, 0.2) is 0 Å². The largest absolute Gasteiger partial charge is 0.493 e. The van der Waals surface area contributed by atoms with E-state index >= 15 is 0 Å². The smallest absolute Gasteiger partial charge is 0.223 e. The summed E-state index contributed by atoms with van der Waals surface area (Å²) in [6, 6.07) is 8.05. The van der Waals surface area contributed by atoms with E-state index in [4.69, 9.17) is 4.74 Å². The maximum atomic E-state index is 11.5. The first-order valence-corrected chi connectivity index (χ1v) is 7.33. The second kappa shape index (κ2) is 11.4. The molecule has 0 aliphatic rings. The van der Waals surface area contributed by atoms with Crippen molar-refractivity contribution in [1.29, 1.82) is 0 Å². The van der Waals surface area contributed by atoms with Crippen molar-refractivity contribution in [3.05, 3.63) is 29.8 Å². The predicted octanol–water partition coefficient (Wildman–Crippen LogP) is 2.73. The summed E-state index contributed by atoms with van der Waals surface area (Å²) in [5, 5.41) is 6.00. The third-order valence-corrected chi connectivity index (χ3v) is 3.02. The van der Waals surface area contributed by atoms with Crippen LogP contribution in [0, 0.1) is 0 Å². The lowest BCUT2D eigenvalue weighted by atomic mass is 10.0. The van der Waals surface area contributed by atoms with E-state index in [2.05, 4.69) is 36.6 Å². The lowest BCUT2D eigenvalue weighted by Crippen LogP contribution is -2.32. The molecule has 0 spiro atoms. The Hall–Kier alpha value is -1.26. The summed E-state index contributed by atoms with van der Waals surface area (Å²) in [6.07, 6.45) is 0.387. The molecule has 2 N–H and O–H groups in total. The number of ether oxygens (including phenoxy) is 1. The van der Waals surface area contributed by atoms with E-state index in [1.165, 1.54) is 5.56 Å². The van der Waals surface area contributed by atoms with Crippen LogP contribution in [0.25, 0.3) is 0 Å². The molecule has 0 saturated carbocycles. The molecule has 0 bridgehead atoms. The van der Waals surface area contributed by atoms with Gasteiger partial charge in [0.2, 0.25) is 5.91 Å². The molecule has 1 aromatic rings. The molecule has 0 radical (unpaired) electrons. The van der Waals surface area contributed by atoms with Crippen LogP contribution >= 0.6 is 12.4 Å². The van der Waals surface area contributed by atoms with Crippen molar-refractivity contribution < 1.29 is 9.53 Å². The zero-order chi connectivity index (χ0) is 14.8. The molecule has 0 fully saturated rings. The fraction of sp³-hybridized carbons (Fsp3) is 0.562. The fourth-order valence-corrected chi connectivity index (χ4v) is 1.77. The first kappa shape index (κ1) is 19.7. The summed E-state index contributed by atoms with van der Waals surface area (Å²) >= 11 is 0. The summed E-state index contributed by atoms with van der Waals surface area (Å²) in [6.45, 7) is 9.16. The van der Waals surface area contributed by atoms with Gasteiger partial charge in [-0.25, -0.2) is 0 Å². The Morgan fingerprint density at radius 3 is 2.43 bits per heavy atom. The monoisotopic (exact) mass is 314 g/mol. The zero-order valence-electron chi connectivity index (χ0n) is 13.1. The maximum absolute atomic E-state index is 11.5. The molecule has 0 saturated heterocycles. The first-order chi connectivity index (χ1) is 9.63. The normalized spacial score (nSPS) is 10.1. The summed E-state index contributed by atoms with van der Waals surface area (Å²) in [4.78, 5) is 11.5. The van der Waals surface area contributed by atoms with Gasteiger partial charge < -0.3 is 15.4 Å². The van der Waals surface area contributed by atoms with Crippen LogP contribution in [0.5, 0.6) is 5.75 Å². The molecular formula is C16H27ClN2O2. The van der Waals surface area contributed by atoms with Crippen molar-refractivity contribution in [2.75, 3.05) is 26.2 Å². The molecule has 1 amide bonds. The average Bonchev–Trinajstić information content (AvgIpc) is 2.44. The van der Waals surface area contributed by atoms with Gasteiger partial charge in [0.25, 0.3) is 0 Å². The number of hydrogen-bond donors (Lipinski definition) is 2. The van der Waals surface area contributed by atoms with E-state index in [0.29, 0.717) is 25.5 Å². The molecule has 0 aliphatic heterocycles. The number of likely N-dealkylation sites (N-methyl/N-ethyl adjacent to an activating group) is 1. The second-order valence-electron chi connectivity index (χ2n) is 5.03. The van der Waals surface area contributed by atoms with Gasteiger partial charge in [-0.15, -0.1) is 12.4 Å². The number of amides is 1. The number of benzene rings is 1. The molecule has 0 aliphatic carbocycles. The van der Waals surface area contributed by atoms with Gasteiger partial charge in [-0.2, -0.15) is 0 Å². The van der Waals surface area contributed by atoms with Crippen LogP contribution in [-0.4, -0.2) is 32.1 Å². The Bertz CT molecular complexity index is 394. The fourth-order valence-electron chi connectivity index (χ4n) is 1.77. The minimum atomic E-state index is 0. The highest BCUT2D eigenvalue weighted by molar-refractivity contribution is 5.85. The predicted molar refractivity (Wildman–Crippen MR) is 89.4 cm³/mol. The molecule has 4 nitrogen and oxygen atoms in total. The van der Waals surface area contributed by atoms with Gasteiger partial charge in [-0.05, 0) is 30.2 Å². The molecule has 0 aromatic heterocycles. The van der Waals surface area contributed by atoms with Crippen LogP contribution in [0.4, 0.5) is 0 Å². The van der Waals surface area contributed by atoms with Crippen LogP contribution in [0.15, 0.2) is 24.3 Å². The van der Waals surface area contributed by atoms with E-state index in [1.54, 1.807) is 0 Å². The van der Waals surface area contributed by atoms with Crippen LogP contribution in [0.3, 0.4) is 0 Å². The summed E-state index contributed by atoms with van der Waals surface area (Å²) in [5.74, 6) is 1.36. The van der Waals surface area contributed by atoms with E-state index < -0.39 is 0 Å². The van der Waals surface area contributed by atoms with E-state index in [1.807, 2.05) is 19.1 Å². The highest BCUT2D eigenvalue weighted by Gasteiger charge is 2.02. The Balaban J connectivity index is 0.00000400. The number of rotatable bonds is 9. The molecule has 5 heteroatoms. The zero-order valence-corrected chi connectivity index (χ0v) is 14.0. The topological polar surface area (TPSA) is 50.4 Å². The van der Waals surface area contributed by atoms with E-state index in [-0.39, 0.29) is 18.3 Å². The molecular weight excluding hydrogens is 288 g/mol. The summed E-state index contributed by atoms with van der Waals surface area (Å²) < 4.78 is 5.56. The minimum Gasteiger partial charge on any atom is -0.493 e. The average molecular weight is 315 g/mol. The van der Waals surface area contributed by atoms with Crippen LogP contribution < -0.4 is 15.4 Å². The van der Waals surface area contributed by atoms with Gasteiger partial charge in [0.05, 0.1) is 13.0 Å². The summed E-state index contributed by atoms with van der Waals surface area (Å²) in [7, 11) is 0. The molecule has 21 heavy (non-hydrogen) atoms. The van der Waals surface area contributed by atoms with E-state index in [0.717, 1.165) is 18.8 Å². The molecule has 0 unspecified atom stereocenters. The molecule has 1 aromatic carbocycles. The van der Waals surface area contributed by atoms with Gasteiger partial charge in [0, 0.05) is 13.1 Å². The van der Waals surface area contributed by atoms with Crippen molar-refractivity contribution in [2.24, 2.45) is 0 Å². The van der Waals surface area contributed by atoms with Gasteiger partial charge >= 0.3 is 0 Å². The molecule has 120 valence electrons. The van der Waals surface area contributed by atoms with E-state index in [9.17, 15) is 4.79 Å². The quantitative estimate of drug-likeness (QED) is 0.689. The number of halogens is 1.